The number of nitrogens with one attached hydrogen (secondary N) is 2. The molecule has 0 bridgehead atoms. The number of carbonyl (C=O) groups is 1. The maximum Gasteiger partial charge on any atom is 0.250 e. The van der Waals surface area contributed by atoms with Crippen LogP contribution in [0.3, 0.4) is 0 Å². The summed E-state index contributed by atoms with van der Waals surface area (Å²) in [6.07, 6.45) is 3.61. The molecule has 0 radical (unpaired) electrons. The largest absolute Gasteiger partial charge is 0.381 e. The average Bonchev–Trinajstić information content (AvgIpc) is 3.29. The summed E-state index contributed by atoms with van der Waals surface area (Å²) in [6.45, 7) is -0.156. The van der Waals surface area contributed by atoms with Crippen LogP contribution in [0.4, 0.5) is 15.8 Å². The summed E-state index contributed by atoms with van der Waals surface area (Å²) in [6, 6.07) is 9.60. The Hall–Kier alpha value is -2.63. The van der Waals surface area contributed by atoms with Crippen LogP contribution in [0.25, 0.3) is 0 Å². The molecule has 3 rings (SSSR count). The molecule has 1 aliphatic rings. The predicted molar refractivity (Wildman–Crippen MR) is 82.4 cm³/mol. The topological polar surface area (TPSA) is 63.1 Å². The lowest BCUT2D eigenvalue weighted by Gasteiger charge is -2.14. The number of rotatable bonds is 5. The molecule has 114 valence electrons. The van der Waals surface area contributed by atoms with Crippen molar-refractivity contribution in [2.45, 2.75) is 25.4 Å². The van der Waals surface area contributed by atoms with Crippen LogP contribution in [0.5, 0.6) is 0 Å². The van der Waals surface area contributed by atoms with E-state index in [0.717, 1.165) is 12.8 Å². The minimum Gasteiger partial charge on any atom is -0.381 e. The highest BCUT2D eigenvalue weighted by Gasteiger charge is 2.23. The monoisotopic (exact) mass is 301 g/mol. The van der Waals surface area contributed by atoms with E-state index in [-0.39, 0.29) is 17.8 Å². The summed E-state index contributed by atoms with van der Waals surface area (Å²) in [7, 11) is 0. The number of aromatic nitrogens is 1. The number of carbonyl (C=O) groups excluding carboxylic acids is 1. The summed E-state index contributed by atoms with van der Waals surface area (Å²) in [5.74, 6) is -0.948. The first-order valence-corrected chi connectivity index (χ1v) is 7.14. The van der Waals surface area contributed by atoms with Crippen LogP contribution in [0.2, 0.25) is 0 Å². The van der Waals surface area contributed by atoms with Gasteiger partial charge in [-0.05, 0) is 31.0 Å². The van der Waals surface area contributed by atoms with Gasteiger partial charge in [0.25, 0.3) is 5.56 Å². The first-order valence-electron chi connectivity index (χ1n) is 7.14. The zero-order valence-electron chi connectivity index (χ0n) is 11.9. The molecule has 1 fully saturated rings. The molecule has 2 aromatic rings. The van der Waals surface area contributed by atoms with Crippen molar-refractivity contribution in [3.8, 4) is 0 Å². The molecule has 0 saturated heterocycles. The molecule has 6 heteroatoms. The molecule has 1 aromatic carbocycles. The van der Waals surface area contributed by atoms with E-state index in [1.165, 1.54) is 22.9 Å². The Morgan fingerprint density at radius 3 is 2.77 bits per heavy atom. The number of pyridine rings is 1. The minimum atomic E-state index is -0.501. The molecule has 1 aliphatic carbocycles. The second kappa shape index (κ2) is 6.01. The number of halogens is 1. The van der Waals surface area contributed by atoms with Crippen LogP contribution in [0.15, 0.2) is 47.4 Å². The summed E-state index contributed by atoms with van der Waals surface area (Å²) in [4.78, 5) is 23.7. The third-order valence-corrected chi connectivity index (χ3v) is 3.43. The molecule has 1 amide bonds. The Balaban J connectivity index is 1.76. The highest BCUT2D eigenvalue weighted by Crippen LogP contribution is 2.31. The van der Waals surface area contributed by atoms with E-state index in [4.69, 9.17) is 0 Å². The molecule has 0 unspecified atom stereocenters. The van der Waals surface area contributed by atoms with Gasteiger partial charge in [-0.1, -0.05) is 12.1 Å². The fourth-order valence-corrected chi connectivity index (χ4v) is 2.14. The van der Waals surface area contributed by atoms with Gasteiger partial charge in [0.05, 0.1) is 5.69 Å². The lowest BCUT2D eigenvalue weighted by Crippen LogP contribution is -2.27. The van der Waals surface area contributed by atoms with Crippen molar-refractivity contribution >= 4 is 17.3 Å². The van der Waals surface area contributed by atoms with E-state index in [0.29, 0.717) is 11.7 Å². The summed E-state index contributed by atoms with van der Waals surface area (Å²) in [5, 5.41) is 5.73. The smallest absolute Gasteiger partial charge is 0.250 e. The number of nitrogens with zero attached hydrogens (tertiary/aromatic N) is 1. The zero-order chi connectivity index (χ0) is 15.5. The molecular weight excluding hydrogens is 285 g/mol. The molecule has 0 aliphatic heterocycles. The molecular formula is C16H16FN3O2. The number of anilines is 2. The number of hydrogen-bond acceptors (Lipinski definition) is 3. The number of para-hydroxylation sites is 1. The van der Waals surface area contributed by atoms with Gasteiger partial charge in [0.2, 0.25) is 5.91 Å². The standard InChI is InChI=1S/C16H16FN3O2/c17-12-4-3-5-13(18-11-7-8-11)16(12)19-14(21)10-20-9-2-1-6-15(20)22/h1-6,9,11,18H,7-8,10H2,(H,19,21). The van der Waals surface area contributed by atoms with Gasteiger partial charge in [-0.2, -0.15) is 0 Å². The van der Waals surface area contributed by atoms with Crippen LogP contribution in [0.1, 0.15) is 12.8 Å². The Morgan fingerprint density at radius 2 is 2.05 bits per heavy atom. The Kier molecular flexibility index (Phi) is 3.91. The molecule has 0 atom stereocenters. The van der Waals surface area contributed by atoms with Gasteiger partial charge in [-0.3, -0.25) is 9.59 Å². The van der Waals surface area contributed by atoms with Crippen molar-refractivity contribution in [1.29, 1.82) is 0 Å². The Bertz CT molecular complexity index is 753. The van der Waals surface area contributed by atoms with Crippen molar-refractivity contribution in [1.82, 2.24) is 4.57 Å². The van der Waals surface area contributed by atoms with Gasteiger partial charge in [0, 0.05) is 18.3 Å². The molecule has 1 heterocycles. The van der Waals surface area contributed by atoms with Crippen molar-refractivity contribution < 1.29 is 9.18 Å². The lowest BCUT2D eigenvalue weighted by molar-refractivity contribution is -0.116. The summed E-state index contributed by atoms with van der Waals surface area (Å²) < 4.78 is 15.2. The molecule has 22 heavy (non-hydrogen) atoms. The van der Waals surface area contributed by atoms with Gasteiger partial charge in [0.1, 0.15) is 18.0 Å². The Labute approximate surface area is 126 Å². The average molecular weight is 301 g/mol. The summed E-state index contributed by atoms with van der Waals surface area (Å²) in [5.41, 5.74) is 0.419. The third-order valence-electron chi connectivity index (χ3n) is 3.43. The van der Waals surface area contributed by atoms with Crippen molar-refractivity contribution in [2.24, 2.45) is 0 Å². The molecule has 5 nitrogen and oxygen atoms in total. The maximum absolute atomic E-state index is 14.0. The number of benzene rings is 1. The quantitative estimate of drug-likeness (QED) is 0.890. The highest BCUT2D eigenvalue weighted by atomic mass is 19.1. The van der Waals surface area contributed by atoms with E-state index < -0.39 is 11.7 Å². The zero-order valence-corrected chi connectivity index (χ0v) is 11.9. The molecule has 2 N–H and O–H groups in total. The van der Waals surface area contributed by atoms with E-state index in [1.54, 1.807) is 24.3 Å². The predicted octanol–water partition coefficient (Wildman–Crippen LogP) is 2.20. The van der Waals surface area contributed by atoms with E-state index in [9.17, 15) is 14.0 Å². The van der Waals surface area contributed by atoms with Crippen LogP contribution in [-0.4, -0.2) is 16.5 Å². The van der Waals surface area contributed by atoms with Gasteiger partial charge in [-0.15, -0.1) is 0 Å². The van der Waals surface area contributed by atoms with Gasteiger partial charge < -0.3 is 15.2 Å². The van der Waals surface area contributed by atoms with Crippen LogP contribution < -0.4 is 16.2 Å². The fourth-order valence-electron chi connectivity index (χ4n) is 2.14. The van der Waals surface area contributed by atoms with E-state index in [1.807, 2.05) is 0 Å². The lowest BCUT2D eigenvalue weighted by atomic mass is 10.2. The SMILES string of the molecule is O=C(Cn1ccccc1=O)Nc1c(F)cccc1NC1CC1. The maximum atomic E-state index is 14.0. The number of amides is 1. The van der Waals surface area contributed by atoms with E-state index in [2.05, 4.69) is 10.6 Å². The fraction of sp³-hybridized carbons (Fsp3) is 0.250. The van der Waals surface area contributed by atoms with Crippen LogP contribution in [0, 0.1) is 5.82 Å². The number of hydrogen-bond donors (Lipinski definition) is 2. The minimum absolute atomic E-state index is 0.128. The molecule has 1 saturated carbocycles. The molecule has 0 spiro atoms. The highest BCUT2D eigenvalue weighted by molar-refractivity contribution is 5.94. The first kappa shape index (κ1) is 14.3. The third kappa shape index (κ3) is 3.33. The van der Waals surface area contributed by atoms with Gasteiger partial charge in [-0.25, -0.2) is 4.39 Å². The normalized spacial score (nSPS) is 13.7. The summed E-state index contributed by atoms with van der Waals surface area (Å²) >= 11 is 0. The van der Waals surface area contributed by atoms with Crippen molar-refractivity contribution in [3.05, 3.63) is 58.8 Å². The van der Waals surface area contributed by atoms with Crippen molar-refractivity contribution in [2.75, 3.05) is 10.6 Å². The van der Waals surface area contributed by atoms with Crippen LogP contribution in [-0.2, 0) is 11.3 Å². The molecule has 1 aromatic heterocycles. The second-order valence-corrected chi connectivity index (χ2v) is 5.30. The Morgan fingerprint density at radius 1 is 1.23 bits per heavy atom. The second-order valence-electron chi connectivity index (χ2n) is 5.30. The van der Waals surface area contributed by atoms with Crippen LogP contribution >= 0.6 is 0 Å². The van der Waals surface area contributed by atoms with E-state index >= 15 is 0 Å². The van der Waals surface area contributed by atoms with Gasteiger partial charge in [0.15, 0.2) is 0 Å². The van der Waals surface area contributed by atoms with Crippen molar-refractivity contribution in [3.63, 3.8) is 0 Å². The van der Waals surface area contributed by atoms with Gasteiger partial charge >= 0.3 is 0 Å². The first-order chi connectivity index (χ1) is 10.6.